The quantitative estimate of drug-likeness (QED) is 0.847. The summed E-state index contributed by atoms with van der Waals surface area (Å²) in [7, 11) is 0. The summed E-state index contributed by atoms with van der Waals surface area (Å²) < 4.78 is 11.0. The summed E-state index contributed by atoms with van der Waals surface area (Å²) in [5, 5.41) is 3.93. The number of rotatable bonds is 4. The summed E-state index contributed by atoms with van der Waals surface area (Å²) in [6, 6.07) is 5.29. The van der Waals surface area contributed by atoms with Gasteiger partial charge in [0.1, 0.15) is 11.9 Å². The molecule has 6 nitrogen and oxygen atoms in total. The minimum Gasteiger partial charge on any atom is -0.423 e. The lowest BCUT2D eigenvalue weighted by atomic mass is 9.79. The zero-order valence-corrected chi connectivity index (χ0v) is 15.8. The Bertz CT molecular complexity index is 816. The van der Waals surface area contributed by atoms with Crippen molar-refractivity contribution in [3.05, 3.63) is 40.3 Å². The lowest BCUT2D eigenvalue weighted by Crippen LogP contribution is -2.62. The Morgan fingerprint density at radius 2 is 2.12 bits per heavy atom. The van der Waals surface area contributed by atoms with E-state index in [2.05, 4.69) is 22.1 Å². The first-order valence-electron chi connectivity index (χ1n) is 8.65. The molecule has 2 bridgehead atoms. The maximum Gasteiger partial charge on any atom is 0.311 e. The van der Waals surface area contributed by atoms with Gasteiger partial charge in [0, 0.05) is 17.1 Å². The van der Waals surface area contributed by atoms with Crippen LogP contribution in [0.2, 0.25) is 10.0 Å². The van der Waals surface area contributed by atoms with E-state index in [-0.39, 0.29) is 23.8 Å². The highest BCUT2D eigenvalue weighted by atomic mass is 35.5. The van der Waals surface area contributed by atoms with Crippen LogP contribution in [-0.4, -0.2) is 41.0 Å². The molecule has 1 aromatic carbocycles. The number of benzene rings is 1. The van der Waals surface area contributed by atoms with E-state index in [9.17, 15) is 4.79 Å². The van der Waals surface area contributed by atoms with E-state index in [1.807, 2.05) is 0 Å². The van der Waals surface area contributed by atoms with Crippen LogP contribution in [0.1, 0.15) is 30.5 Å². The number of oxazole rings is 1. The van der Waals surface area contributed by atoms with Crippen molar-refractivity contribution in [1.82, 2.24) is 15.2 Å². The third kappa shape index (κ3) is 3.41. The van der Waals surface area contributed by atoms with Crippen LogP contribution >= 0.6 is 23.2 Å². The van der Waals surface area contributed by atoms with Crippen molar-refractivity contribution in [3.8, 4) is 11.7 Å². The summed E-state index contributed by atoms with van der Waals surface area (Å²) in [4.78, 5) is 19.0. The highest BCUT2D eigenvalue weighted by Gasteiger charge is 2.40. The average Bonchev–Trinajstić information content (AvgIpc) is 3.09. The van der Waals surface area contributed by atoms with E-state index in [0.717, 1.165) is 25.9 Å². The first-order valence-corrected chi connectivity index (χ1v) is 9.40. The fourth-order valence-corrected chi connectivity index (χ4v) is 4.28. The Labute approximate surface area is 161 Å². The molecule has 2 atom stereocenters. The van der Waals surface area contributed by atoms with Crippen LogP contribution in [0.15, 0.2) is 28.8 Å². The summed E-state index contributed by atoms with van der Waals surface area (Å²) in [6.45, 7) is 4.37. The van der Waals surface area contributed by atoms with Gasteiger partial charge in [-0.1, -0.05) is 23.2 Å². The molecule has 26 heavy (non-hydrogen) atoms. The summed E-state index contributed by atoms with van der Waals surface area (Å²) in [6.07, 6.45) is 3.59. The number of ether oxygens (including phenoxy) is 1. The van der Waals surface area contributed by atoms with Gasteiger partial charge in [-0.05, 0) is 57.0 Å². The number of halogens is 2. The third-order valence-electron chi connectivity index (χ3n) is 5.26. The number of amides is 1. The molecule has 8 heteroatoms. The van der Waals surface area contributed by atoms with E-state index in [4.69, 9.17) is 32.4 Å². The first-order chi connectivity index (χ1) is 12.5. The lowest BCUT2D eigenvalue weighted by Gasteiger charge is -2.49. The number of carbonyl (C=O) groups excluding carboxylic acids is 1. The molecule has 5 rings (SSSR count). The molecular formula is C18H19Cl2N3O3. The van der Waals surface area contributed by atoms with Gasteiger partial charge < -0.3 is 14.5 Å². The molecule has 0 saturated carbocycles. The molecule has 2 aromatic rings. The van der Waals surface area contributed by atoms with Crippen LogP contribution in [0.5, 0.6) is 11.7 Å². The van der Waals surface area contributed by atoms with Crippen molar-refractivity contribution in [2.45, 2.75) is 31.8 Å². The number of nitrogens with zero attached hydrogens (tertiary/aromatic N) is 2. The Kier molecular flexibility index (Phi) is 4.82. The second kappa shape index (κ2) is 7.10. The molecule has 3 aliphatic heterocycles. The molecule has 0 spiro atoms. The van der Waals surface area contributed by atoms with Crippen LogP contribution < -0.4 is 10.1 Å². The second-order valence-electron chi connectivity index (χ2n) is 6.77. The van der Waals surface area contributed by atoms with Gasteiger partial charge in [0.25, 0.3) is 5.89 Å². The second-order valence-corrected chi connectivity index (χ2v) is 7.62. The van der Waals surface area contributed by atoms with Gasteiger partial charge in [-0.3, -0.25) is 9.69 Å². The van der Waals surface area contributed by atoms with Gasteiger partial charge in [-0.2, -0.15) is 0 Å². The highest BCUT2D eigenvalue weighted by molar-refractivity contribution is 6.35. The minimum atomic E-state index is -0.326. The number of hydrogen-bond acceptors (Lipinski definition) is 5. The number of aromatic nitrogens is 1. The molecule has 138 valence electrons. The zero-order valence-electron chi connectivity index (χ0n) is 14.2. The molecule has 0 radical (unpaired) electrons. The molecule has 1 aromatic heterocycles. The smallest absolute Gasteiger partial charge is 0.311 e. The normalized spacial score (nSPS) is 27.3. The van der Waals surface area contributed by atoms with Crippen molar-refractivity contribution in [1.29, 1.82) is 0 Å². The van der Waals surface area contributed by atoms with Gasteiger partial charge >= 0.3 is 11.9 Å². The summed E-state index contributed by atoms with van der Waals surface area (Å²) in [5.41, 5.74) is 0. The molecular weight excluding hydrogens is 377 g/mol. The van der Waals surface area contributed by atoms with E-state index >= 15 is 0 Å². The number of fused-ring (bicyclic) bond motifs is 3. The molecule has 3 saturated heterocycles. The van der Waals surface area contributed by atoms with Crippen LogP contribution in [0, 0.1) is 5.92 Å². The van der Waals surface area contributed by atoms with E-state index < -0.39 is 0 Å². The minimum absolute atomic E-state index is 0.0197. The molecule has 4 heterocycles. The fraction of sp³-hybridized carbons (Fsp3) is 0.444. The molecule has 3 fully saturated rings. The zero-order chi connectivity index (χ0) is 18.3. The SMILES string of the molecule is CC1C(NC(=O)c2ncc(Oc3ccc(Cl)cc3Cl)o2)C2CCN1CC2. The maximum atomic E-state index is 12.5. The predicted octanol–water partition coefficient (Wildman–Crippen LogP) is 3.99. The van der Waals surface area contributed by atoms with Crippen LogP contribution in [0.25, 0.3) is 0 Å². The van der Waals surface area contributed by atoms with Crippen molar-refractivity contribution in [2.24, 2.45) is 5.92 Å². The van der Waals surface area contributed by atoms with E-state index in [1.54, 1.807) is 18.2 Å². The van der Waals surface area contributed by atoms with Crippen molar-refractivity contribution in [3.63, 3.8) is 0 Å². The van der Waals surface area contributed by atoms with Gasteiger partial charge in [-0.15, -0.1) is 0 Å². The molecule has 3 aliphatic rings. The van der Waals surface area contributed by atoms with Crippen molar-refractivity contribution in [2.75, 3.05) is 13.1 Å². The monoisotopic (exact) mass is 395 g/mol. The van der Waals surface area contributed by atoms with Crippen LogP contribution in [0.3, 0.4) is 0 Å². The molecule has 0 aliphatic carbocycles. The van der Waals surface area contributed by atoms with E-state index in [1.165, 1.54) is 6.20 Å². The lowest BCUT2D eigenvalue weighted by molar-refractivity contribution is 0.0209. The van der Waals surface area contributed by atoms with Crippen molar-refractivity contribution >= 4 is 29.1 Å². The van der Waals surface area contributed by atoms with Crippen molar-refractivity contribution < 1.29 is 13.9 Å². The topological polar surface area (TPSA) is 67.6 Å². The number of carbonyl (C=O) groups is 1. The number of piperidine rings is 3. The summed E-state index contributed by atoms with van der Waals surface area (Å²) in [5.74, 6) is 0.644. The largest absolute Gasteiger partial charge is 0.423 e. The van der Waals surface area contributed by atoms with Gasteiger partial charge in [-0.25, -0.2) is 4.98 Å². The predicted molar refractivity (Wildman–Crippen MR) is 98.1 cm³/mol. The number of nitrogens with one attached hydrogen (secondary N) is 1. The highest BCUT2D eigenvalue weighted by Crippen LogP contribution is 2.33. The number of hydrogen-bond donors (Lipinski definition) is 1. The molecule has 1 amide bonds. The van der Waals surface area contributed by atoms with Gasteiger partial charge in [0.05, 0.1) is 5.02 Å². The Morgan fingerprint density at radius 3 is 2.81 bits per heavy atom. The Hall–Kier alpha value is -1.76. The van der Waals surface area contributed by atoms with Gasteiger partial charge in [0.15, 0.2) is 0 Å². The van der Waals surface area contributed by atoms with Crippen LogP contribution in [0.4, 0.5) is 0 Å². The Balaban J connectivity index is 1.43. The standard InChI is InChI=1S/C18H19Cl2N3O3/c1-10-16(11-4-6-23(10)7-5-11)22-17(24)18-21-9-15(26-18)25-14-3-2-12(19)8-13(14)20/h2-3,8-11,16H,4-7H2,1H3,(H,22,24). The summed E-state index contributed by atoms with van der Waals surface area (Å²) >= 11 is 11.9. The Morgan fingerprint density at radius 1 is 1.35 bits per heavy atom. The van der Waals surface area contributed by atoms with E-state index in [0.29, 0.717) is 27.8 Å². The molecule has 1 N–H and O–H groups in total. The molecule has 2 unspecified atom stereocenters. The maximum absolute atomic E-state index is 12.5. The van der Waals surface area contributed by atoms with Gasteiger partial charge in [0.2, 0.25) is 0 Å². The fourth-order valence-electron chi connectivity index (χ4n) is 3.84. The van der Waals surface area contributed by atoms with Crippen LogP contribution in [-0.2, 0) is 0 Å². The third-order valence-corrected chi connectivity index (χ3v) is 5.79. The average molecular weight is 396 g/mol. The first kappa shape index (κ1) is 17.6.